The van der Waals surface area contributed by atoms with E-state index >= 15 is 0 Å². The molecule has 0 fully saturated rings. The molecule has 7 aromatic rings. The fourth-order valence-corrected chi connectivity index (χ4v) is 6.77. The van der Waals surface area contributed by atoms with Gasteiger partial charge in [0.1, 0.15) is 17.8 Å². The summed E-state index contributed by atoms with van der Waals surface area (Å²) in [7, 11) is 0. The van der Waals surface area contributed by atoms with Crippen molar-refractivity contribution in [3.8, 4) is 11.5 Å². The highest BCUT2D eigenvalue weighted by atomic mass is 16.5. The third-order valence-electron chi connectivity index (χ3n) is 9.44. The third-order valence-corrected chi connectivity index (χ3v) is 9.44. The van der Waals surface area contributed by atoms with Crippen LogP contribution in [0.1, 0.15) is 30.5 Å². The molecule has 55 heavy (non-hydrogen) atoms. The molecule has 0 radical (unpaired) electrons. The minimum Gasteiger partial charge on any atom is -0.457 e. The molecule has 0 spiro atoms. The first-order valence-electron chi connectivity index (χ1n) is 18.4. The van der Waals surface area contributed by atoms with Crippen LogP contribution in [0.3, 0.4) is 0 Å². The summed E-state index contributed by atoms with van der Waals surface area (Å²) in [5, 5.41) is 9.72. The van der Waals surface area contributed by atoms with Gasteiger partial charge < -0.3 is 15.4 Å². The summed E-state index contributed by atoms with van der Waals surface area (Å²) in [4.78, 5) is 4.81. The Morgan fingerprint density at radius 1 is 0.673 bits per heavy atom. The largest absolute Gasteiger partial charge is 0.457 e. The fraction of sp³-hybridized carbons (Fsp3) is 0.0600. The van der Waals surface area contributed by atoms with Gasteiger partial charge in [-0.1, -0.05) is 122 Å². The Morgan fingerprint density at radius 2 is 1.36 bits per heavy atom. The Hall–Kier alpha value is -7.11. The number of nitrogens with one attached hydrogen (secondary N) is 2. The van der Waals surface area contributed by atoms with Crippen LogP contribution >= 0.6 is 0 Å². The van der Waals surface area contributed by atoms with Crippen molar-refractivity contribution < 1.29 is 4.74 Å². The number of aromatic nitrogens is 1. The first-order chi connectivity index (χ1) is 27.0. The van der Waals surface area contributed by atoms with Crippen LogP contribution in [-0.4, -0.2) is 10.9 Å². The van der Waals surface area contributed by atoms with Crippen molar-refractivity contribution in [3.63, 3.8) is 0 Å². The average molecular weight is 717 g/mol. The lowest BCUT2D eigenvalue weighted by molar-refractivity contribution is 0.483. The molecule has 0 amide bonds. The quantitative estimate of drug-likeness (QED) is 0.0710. The molecule has 0 bridgehead atoms. The zero-order valence-corrected chi connectivity index (χ0v) is 31.5. The maximum atomic E-state index is 6.52. The zero-order valence-electron chi connectivity index (χ0n) is 31.5. The number of aryl methyl sites for hydroxylation is 1. The van der Waals surface area contributed by atoms with Crippen molar-refractivity contribution in [2.24, 2.45) is 4.99 Å². The van der Waals surface area contributed by atoms with Crippen LogP contribution in [0.5, 0.6) is 11.5 Å². The molecule has 1 heterocycles. The number of ether oxygens (including phenoxy) is 1. The van der Waals surface area contributed by atoms with E-state index in [1.807, 2.05) is 80.0 Å². The molecule has 5 nitrogen and oxygen atoms in total. The number of fused-ring (bicyclic) bond motifs is 3. The highest BCUT2D eigenvalue weighted by Gasteiger charge is 2.15. The predicted molar refractivity (Wildman–Crippen MR) is 237 cm³/mol. The second kappa shape index (κ2) is 16.7. The molecule has 6 aromatic carbocycles. The number of nitrogens with zero attached hydrogens (tertiary/aromatic N) is 2. The number of hydrogen-bond donors (Lipinski definition) is 2. The van der Waals surface area contributed by atoms with E-state index in [1.165, 1.54) is 5.56 Å². The van der Waals surface area contributed by atoms with Gasteiger partial charge in [-0.25, -0.2) is 4.99 Å². The van der Waals surface area contributed by atoms with E-state index in [1.54, 1.807) is 6.08 Å². The van der Waals surface area contributed by atoms with Gasteiger partial charge in [0.2, 0.25) is 0 Å². The smallest absolute Gasteiger partial charge is 0.129 e. The fourth-order valence-electron chi connectivity index (χ4n) is 6.77. The lowest BCUT2D eigenvalue weighted by atomic mass is 9.94. The summed E-state index contributed by atoms with van der Waals surface area (Å²) < 4.78 is 8.65. The number of hydrogen-bond acceptors (Lipinski definition) is 4. The van der Waals surface area contributed by atoms with Crippen LogP contribution in [0.25, 0.3) is 33.0 Å². The van der Waals surface area contributed by atoms with Crippen molar-refractivity contribution in [1.29, 1.82) is 0 Å². The normalized spacial score (nSPS) is 12.1. The van der Waals surface area contributed by atoms with E-state index in [2.05, 4.69) is 139 Å². The molecule has 1 aromatic heterocycles. The van der Waals surface area contributed by atoms with E-state index in [0.29, 0.717) is 5.75 Å². The molecular formula is C50H44N4O. The summed E-state index contributed by atoms with van der Waals surface area (Å²) in [5.74, 6) is 1.45. The van der Waals surface area contributed by atoms with Gasteiger partial charge in [0.05, 0.1) is 33.8 Å². The minimum absolute atomic E-state index is 0.715. The van der Waals surface area contributed by atoms with Crippen molar-refractivity contribution in [2.75, 3.05) is 10.6 Å². The third kappa shape index (κ3) is 7.97. The summed E-state index contributed by atoms with van der Waals surface area (Å²) in [6.45, 7) is 14.2. The van der Waals surface area contributed by atoms with Crippen LogP contribution in [-0.2, 0) is 0 Å². The number of aliphatic imine (C=N–C) groups is 1. The molecule has 270 valence electrons. The first kappa shape index (κ1) is 36.3. The number of benzene rings is 6. The minimum atomic E-state index is 0.715. The van der Waals surface area contributed by atoms with Gasteiger partial charge in [-0.15, -0.1) is 0 Å². The Bertz CT molecular complexity index is 2640. The maximum Gasteiger partial charge on any atom is 0.129 e. The first-order valence-corrected chi connectivity index (χ1v) is 18.4. The molecule has 7 rings (SSSR count). The maximum absolute atomic E-state index is 6.52. The number of anilines is 4. The van der Waals surface area contributed by atoms with Crippen molar-refractivity contribution in [2.45, 2.75) is 20.8 Å². The summed E-state index contributed by atoms with van der Waals surface area (Å²) in [6, 6.07) is 45.4. The standard InChI is InChI=1S/C50H44N4O/c1-6-16-36(8-3)42-21-15-22-43(37(9-4)17-7-2)50(42)53-47-24-12-11-23-46(47)52-39-18-14-19-40(32-39)55-41-30-31-45-44-20-10-13-25-48(44)54(49(45)33-41)34-51-38-28-26-35(5)27-29-38/h6-34,52-53H,1,3H2,2,4-5H3/b17-7-,36-16+,37-9+,51-34?. The second-order valence-electron chi connectivity index (χ2n) is 13.1. The average Bonchev–Trinajstić information content (AvgIpc) is 3.52. The highest BCUT2D eigenvalue weighted by Crippen LogP contribution is 2.39. The Morgan fingerprint density at radius 3 is 2.11 bits per heavy atom. The van der Waals surface area contributed by atoms with E-state index < -0.39 is 0 Å². The topological polar surface area (TPSA) is 50.6 Å². The highest BCUT2D eigenvalue weighted by molar-refractivity contribution is 6.11. The molecule has 0 aliphatic carbocycles. The van der Waals surface area contributed by atoms with Crippen LogP contribution in [0.2, 0.25) is 0 Å². The Labute approximate surface area is 323 Å². The molecule has 0 aliphatic heterocycles. The van der Waals surface area contributed by atoms with Gasteiger partial charge in [0.15, 0.2) is 0 Å². The van der Waals surface area contributed by atoms with Gasteiger partial charge >= 0.3 is 0 Å². The van der Waals surface area contributed by atoms with Crippen LogP contribution in [0.4, 0.5) is 28.4 Å². The lowest BCUT2D eigenvalue weighted by Crippen LogP contribution is -2.03. The van der Waals surface area contributed by atoms with Crippen molar-refractivity contribution >= 4 is 67.7 Å². The van der Waals surface area contributed by atoms with Gasteiger partial charge in [-0.05, 0) is 86.5 Å². The molecule has 5 heteroatoms. The van der Waals surface area contributed by atoms with Gasteiger partial charge in [-0.2, -0.15) is 0 Å². The molecule has 0 saturated heterocycles. The van der Waals surface area contributed by atoms with Crippen LogP contribution < -0.4 is 15.4 Å². The van der Waals surface area contributed by atoms with Crippen LogP contribution in [0, 0.1) is 6.92 Å². The molecule has 0 unspecified atom stereocenters. The lowest BCUT2D eigenvalue weighted by Gasteiger charge is -2.21. The van der Waals surface area contributed by atoms with Crippen molar-refractivity contribution in [1.82, 2.24) is 4.57 Å². The SMILES string of the molecule is C=C/C=C(\C=C)c1cccc(C(/C=C\C)=C/C)c1Nc1ccccc1Nc1cccc(Oc2ccc3c4ccccc4n(C=Nc4ccc(C)cc4)c3c2)c1. The Balaban J connectivity index is 1.19. The van der Waals surface area contributed by atoms with Gasteiger partial charge in [0, 0.05) is 39.7 Å². The second-order valence-corrected chi connectivity index (χ2v) is 13.1. The van der Waals surface area contributed by atoms with Gasteiger partial charge in [-0.3, -0.25) is 4.57 Å². The molecule has 2 N–H and O–H groups in total. The number of para-hydroxylation sites is 4. The van der Waals surface area contributed by atoms with E-state index in [-0.39, 0.29) is 0 Å². The zero-order chi connectivity index (χ0) is 38.1. The molecular weight excluding hydrogens is 673 g/mol. The monoisotopic (exact) mass is 716 g/mol. The van der Waals surface area contributed by atoms with Crippen LogP contribution in [0.15, 0.2) is 188 Å². The van der Waals surface area contributed by atoms with Crippen molar-refractivity contribution in [3.05, 3.63) is 200 Å². The summed E-state index contributed by atoms with van der Waals surface area (Å²) >= 11 is 0. The predicted octanol–water partition coefficient (Wildman–Crippen LogP) is 14.3. The van der Waals surface area contributed by atoms with E-state index in [9.17, 15) is 0 Å². The Kier molecular flexibility index (Phi) is 11.0. The number of allylic oxidation sites excluding steroid dienone is 8. The molecule has 0 atom stereocenters. The number of rotatable bonds is 13. The van der Waals surface area contributed by atoms with Gasteiger partial charge in [0.25, 0.3) is 0 Å². The van der Waals surface area contributed by atoms with E-state index in [4.69, 9.17) is 9.73 Å². The molecule has 0 saturated carbocycles. The summed E-state index contributed by atoms with van der Waals surface area (Å²) in [6.07, 6.45) is 13.8. The summed E-state index contributed by atoms with van der Waals surface area (Å²) in [5.41, 5.74) is 12.1. The molecule has 0 aliphatic rings. The van der Waals surface area contributed by atoms with E-state index in [0.717, 1.165) is 78.3 Å².